The molecule has 4 nitrogen and oxygen atoms in total. The highest BCUT2D eigenvalue weighted by atomic mass is 35.5. The zero-order chi connectivity index (χ0) is 15.4. The molecule has 0 saturated heterocycles. The third-order valence-electron chi connectivity index (χ3n) is 3.15. The van der Waals surface area contributed by atoms with Crippen molar-refractivity contribution in [3.8, 4) is 0 Å². The van der Waals surface area contributed by atoms with E-state index >= 15 is 0 Å². The van der Waals surface area contributed by atoms with Crippen LogP contribution in [0.4, 0.5) is 5.95 Å². The van der Waals surface area contributed by atoms with Crippen molar-refractivity contribution in [2.75, 3.05) is 18.0 Å². The van der Waals surface area contributed by atoms with E-state index in [1.165, 1.54) is 22.9 Å². The molecule has 21 heavy (non-hydrogen) atoms. The van der Waals surface area contributed by atoms with Gasteiger partial charge in [-0.05, 0) is 62.7 Å². The van der Waals surface area contributed by atoms with Gasteiger partial charge in [0.15, 0.2) is 5.16 Å². The van der Waals surface area contributed by atoms with E-state index in [-0.39, 0.29) is 5.28 Å². The quantitative estimate of drug-likeness (QED) is 0.827. The summed E-state index contributed by atoms with van der Waals surface area (Å²) >= 11 is 7.55. The Morgan fingerprint density at radius 2 is 1.81 bits per heavy atom. The smallest absolute Gasteiger partial charge is 0.230 e. The van der Waals surface area contributed by atoms with Gasteiger partial charge in [-0.1, -0.05) is 17.7 Å². The third-order valence-corrected chi connectivity index (χ3v) is 4.37. The summed E-state index contributed by atoms with van der Waals surface area (Å²) < 4.78 is 0. The molecule has 0 bridgehead atoms. The molecule has 0 atom stereocenters. The highest BCUT2D eigenvalue weighted by Crippen LogP contribution is 2.29. The minimum atomic E-state index is 0.235. The van der Waals surface area contributed by atoms with Crippen molar-refractivity contribution >= 4 is 29.3 Å². The van der Waals surface area contributed by atoms with E-state index < -0.39 is 0 Å². The molecule has 1 aromatic carbocycles. The second-order valence-corrected chi connectivity index (χ2v) is 6.08. The Morgan fingerprint density at radius 3 is 2.43 bits per heavy atom. The molecular formula is C15H19ClN4S. The lowest BCUT2D eigenvalue weighted by molar-refractivity contribution is 0.782. The van der Waals surface area contributed by atoms with Crippen LogP contribution in [0.2, 0.25) is 5.28 Å². The van der Waals surface area contributed by atoms with Crippen LogP contribution in [0.15, 0.2) is 28.3 Å². The van der Waals surface area contributed by atoms with Gasteiger partial charge in [0.25, 0.3) is 0 Å². The highest BCUT2D eigenvalue weighted by molar-refractivity contribution is 7.99. The summed E-state index contributed by atoms with van der Waals surface area (Å²) in [7, 11) is 0. The Labute approximate surface area is 135 Å². The average molecular weight is 323 g/mol. The lowest BCUT2D eigenvalue weighted by atomic mass is 10.2. The first-order valence-corrected chi connectivity index (χ1v) is 8.14. The molecule has 0 aliphatic rings. The molecule has 112 valence electrons. The van der Waals surface area contributed by atoms with Crippen LogP contribution in [-0.4, -0.2) is 28.0 Å². The highest BCUT2D eigenvalue weighted by Gasteiger charge is 2.12. The van der Waals surface area contributed by atoms with Gasteiger partial charge < -0.3 is 4.90 Å². The van der Waals surface area contributed by atoms with E-state index in [4.69, 9.17) is 11.6 Å². The molecule has 1 aromatic heterocycles. The Balaban J connectivity index is 2.31. The van der Waals surface area contributed by atoms with Gasteiger partial charge in [-0.25, -0.2) is 0 Å². The monoisotopic (exact) mass is 322 g/mol. The van der Waals surface area contributed by atoms with E-state index in [9.17, 15) is 0 Å². The maximum atomic E-state index is 6.04. The minimum Gasteiger partial charge on any atom is -0.341 e. The number of hydrogen-bond acceptors (Lipinski definition) is 5. The first-order chi connectivity index (χ1) is 10.0. The van der Waals surface area contributed by atoms with Crippen molar-refractivity contribution in [2.24, 2.45) is 0 Å². The van der Waals surface area contributed by atoms with Crippen LogP contribution in [0, 0.1) is 13.8 Å². The summed E-state index contributed by atoms with van der Waals surface area (Å²) in [5, 5.41) is 0.864. The normalized spacial score (nSPS) is 10.7. The summed E-state index contributed by atoms with van der Waals surface area (Å²) in [5.74, 6) is 0.632. The predicted octanol–water partition coefficient (Wildman–Crippen LogP) is 4.14. The van der Waals surface area contributed by atoms with Crippen LogP contribution in [0.5, 0.6) is 0 Å². The molecule has 6 heteroatoms. The second-order valence-electron chi connectivity index (χ2n) is 4.73. The largest absolute Gasteiger partial charge is 0.341 e. The summed E-state index contributed by atoms with van der Waals surface area (Å²) in [6.45, 7) is 9.98. The number of halogens is 1. The van der Waals surface area contributed by atoms with Crippen LogP contribution in [0.1, 0.15) is 25.0 Å². The van der Waals surface area contributed by atoms with Crippen molar-refractivity contribution < 1.29 is 0 Å². The molecule has 0 saturated carbocycles. The van der Waals surface area contributed by atoms with Crippen LogP contribution in [0.25, 0.3) is 0 Å². The number of rotatable bonds is 5. The second kappa shape index (κ2) is 7.09. The lowest BCUT2D eigenvalue weighted by Crippen LogP contribution is -2.24. The number of hydrogen-bond donors (Lipinski definition) is 0. The molecule has 0 amide bonds. The fourth-order valence-electron chi connectivity index (χ4n) is 2.03. The molecule has 1 heterocycles. The first-order valence-electron chi connectivity index (χ1n) is 6.95. The van der Waals surface area contributed by atoms with Crippen LogP contribution in [0.3, 0.4) is 0 Å². The molecule has 0 fully saturated rings. The molecule has 2 aromatic rings. The molecule has 0 unspecified atom stereocenters. The van der Waals surface area contributed by atoms with Crippen molar-refractivity contribution in [1.29, 1.82) is 0 Å². The van der Waals surface area contributed by atoms with E-state index in [1.807, 2.05) is 0 Å². The van der Waals surface area contributed by atoms with Gasteiger partial charge >= 0.3 is 0 Å². The Morgan fingerprint density at radius 1 is 1.10 bits per heavy atom. The van der Waals surface area contributed by atoms with Gasteiger partial charge in [0.05, 0.1) is 0 Å². The maximum absolute atomic E-state index is 6.04. The van der Waals surface area contributed by atoms with Crippen molar-refractivity contribution in [3.05, 3.63) is 34.6 Å². The molecule has 0 N–H and O–H groups in total. The zero-order valence-electron chi connectivity index (χ0n) is 12.7. The lowest BCUT2D eigenvalue weighted by Gasteiger charge is -2.18. The molecule has 0 radical (unpaired) electrons. The molecule has 0 aliphatic carbocycles. The predicted molar refractivity (Wildman–Crippen MR) is 88.4 cm³/mol. The Bertz CT molecular complexity index is 629. The summed E-state index contributed by atoms with van der Waals surface area (Å²) in [6.07, 6.45) is 0. The Kier molecular flexibility index (Phi) is 5.42. The van der Waals surface area contributed by atoms with Gasteiger partial charge in [-0.3, -0.25) is 0 Å². The zero-order valence-corrected chi connectivity index (χ0v) is 14.3. The number of aryl methyl sites for hydroxylation is 2. The molecule has 0 aliphatic heterocycles. The van der Waals surface area contributed by atoms with Crippen LogP contribution in [-0.2, 0) is 0 Å². The van der Waals surface area contributed by atoms with Gasteiger partial charge in [0, 0.05) is 18.0 Å². The average Bonchev–Trinajstić information content (AvgIpc) is 2.43. The Hall–Kier alpha value is -1.33. The fourth-order valence-corrected chi connectivity index (χ4v) is 3.05. The standard InChI is InChI=1S/C15H19ClN4S/c1-5-20(6-2)14-17-13(16)18-15(19-14)21-12-8-7-10(3)9-11(12)4/h7-9H,5-6H2,1-4H3. The topological polar surface area (TPSA) is 41.9 Å². The fraction of sp³-hybridized carbons (Fsp3) is 0.400. The van der Waals surface area contributed by atoms with E-state index in [2.05, 4.69) is 65.7 Å². The van der Waals surface area contributed by atoms with E-state index in [0.29, 0.717) is 11.1 Å². The van der Waals surface area contributed by atoms with Gasteiger partial charge in [0.2, 0.25) is 11.2 Å². The third kappa shape index (κ3) is 4.08. The van der Waals surface area contributed by atoms with Crippen molar-refractivity contribution in [1.82, 2.24) is 15.0 Å². The number of anilines is 1. The van der Waals surface area contributed by atoms with Crippen molar-refractivity contribution in [3.63, 3.8) is 0 Å². The van der Waals surface area contributed by atoms with E-state index in [0.717, 1.165) is 18.0 Å². The first kappa shape index (κ1) is 16.0. The van der Waals surface area contributed by atoms with E-state index in [1.54, 1.807) is 0 Å². The summed E-state index contributed by atoms with van der Waals surface area (Å²) in [5.41, 5.74) is 2.45. The number of benzene rings is 1. The molecular weight excluding hydrogens is 304 g/mol. The van der Waals surface area contributed by atoms with Crippen molar-refractivity contribution in [2.45, 2.75) is 37.7 Å². The van der Waals surface area contributed by atoms with Crippen LogP contribution >= 0.6 is 23.4 Å². The molecule has 0 spiro atoms. The summed E-state index contributed by atoms with van der Waals surface area (Å²) in [4.78, 5) is 16.1. The molecule has 2 rings (SSSR count). The van der Waals surface area contributed by atoms with Gasteiger partial charge in [0.1, 0.15) is 0 Å². The number of nitrogens with zero attached hydrogens (tertiary/aromatic N) is 4. The van der Waals surface area contributed by atoms with Gasteiger partial charge in [-0.15, -0.1) is 0 Å². The summed E-state index contributed by atoms with van der Waals surface area (Å²) in [6, 6.07) is 6.32. The SMILES string of the molecule is CCN(CC)c1nc(Cl)nc(Sc2ccc(C)cc2C)n1. The maximum Gasteiger partial charge on any atom is 0.230 e. The van der Waals surface area contributed by atoms with Crippen LogP contribution < -0.4 is 4.90 Å². The number of aromatic nitrogens is 3. The minimum absolute atomic E-state index is 0.235. The van der Waals surface area contributed by atoms with Gasteiger partial charge in [-0.2, -0.15) is 15.0 Å².